The Bertz CT molecular complexity index is 925. The quantitative estimate of drug-likeness (QED) is 0.162. The molecule has 2 aromatic carbocycles. The number of aliphatic imine (C=N–C) groups is 1. The van der Waals surface area contributed by atoms with Gasteiger partial charge in [0.1, 0.15) is 30.3 Å². The van der Waals surface area contributed by atoms with Crippen molar-refractivity contribution in [3.63, 3.8) is 0 Å². The predicted molar refractivity (Wildman–Crippen MR) is 137 cm³/mol. The van der Waals surface area contributed by atoms with Crippen LogP contribution in [0.15, 0.2) is 59.6 Å². The third-order valence-corrected chi connectivity index (χ3v) is 4.38. The van der Waals surface area contributed by atoms with E-state index in [1.54, 1.807) is 0 Å². The molecule has 0 saturated carbocycles. The SMILES string of the molecule is CC.COC(=O)CN=C(NN)C(Cc1ccc(OC(C)(C)C)cc1)NC(=O)OCc1ccccc1. The zero-order chi connectivity index (χ0) is 26.3. The molecule has 4 N–H and O–H groups in total. The number of ether oxygens (including phenoxy) is 3. The van der Waals surface area contributed by atoms with E-state index >= 15 is 0 Å². The highest BCUT2D eigenvalue weighted by molar-refractivity contribution is 5.91. The van der Waals surface area contributed by atoms with Gasteiger partial charge in [0.05, 0.1) is 13.2 Å². The highest BCUT2D eigenvalue weighted by atomic mass is 16.5. The van der Waals surface area contributed by atoms with Crippen molar-refractivity contribution in [2.75, 3.05) is 13.7 Å². The van der Waals surface area contributed by atoms with E-state index in [9.17, 15) is 9.59 Å². The number of nitrogens with two attached hydrogens (primary N) is 1. The van der Waals surface area contributed by atoms with Crippen molar-refractivity contribution in [1.29, 1.82) is 0 Å². The number of carbonyl (C=O) groups excluding carboxylic acids is 2. The van der Waals surface area contributed by atoms with Gasteiger partial charge in [-0.05, 0) is 44.0 Å². The van der Waals surface area contributed by atoms with Crippen LogP contribution in [-0.4, -0.2) is 43.2 Å². The van der Waals surface area contributed by atoms with Crippen LogP contribution in [0.1, 0.15) is 45.7 Å². The Balaban J connectivity index is 0.00000298. The molecule has 0 fully saturated rings. The number of carbonyl (C=O) groups is 2. The standard InChI is InChI=1S/C24H32N4O5.C2H6/c1-24(2,3)33-19-12-10-17(11-13-19)14-20(22(28-25)26-15-21(29)31-4)27-23(30)32-16-18-8-6-5-7-9-18;1-2/h5-13,20H,14-16,25H2,1-4H3,(H,26,28)(H,27,30);1-2H3. The average Bonchev–Trinajstić information content (AvgIpc) is 2.85. The highest BCUT2D eigenvalue weighted by Crippen LogP contribution is 2.19. The number of nitrogens with one attached hydrogen (secondary N) is 2. The van der Waals surface area contributed by atoms with Crippen molar-refractivity contribution in [2.24, 2.45) is 10.8 Å². The summed E-state index contributed by atoms with van der Waals surface area (Å²) in [7, 11) is 1.27. The molecule has 1 atom stereocenters. The topological polar surface area (TPSA) is 124 Å². The van der Waals surface area contributed by atoms with Gasteiger partial charge in [0.2, 0.25) is 0 Å². The molecule has 192 valence electrons. The fraction of sp³-hybridized carbons (Fsp3) is 0.423. The minimum atomic E-state index is -0.669. The summed E-state index contributed by atoms with van der Waals surface area (Å²) in [5.74, 6) is 6.06. The molecule has 2 rings (SSSR count). The molecule has 0 aliphatic carbocycles. The van der Waals surface area contributed by atoms with E-state index in [0.717, 1.165) is 16.9 Å². The first-order valence-corrected chi connectivity index (χ1v) is 11.5. The van der Waals surface area contributed by atoms with Gasteiger partial charge < -0.3 is 25.0 Å². The van der Waals surface area contributed by atoms with E-state index in [-0.39, 0.29) is 24.6 Å². The number of methoxy groups -OCH3 is 1. The number of esters is 1. The number of amides is 1. The average molecular weight is 487 g/mol. The molecule has 1 unspecified atom stereocenters. The number of amidine groups is 1. The molecule has 0 saturated heterocycles. The molecule has 1 amide bonds. The summed E-state index contributed by atoms with van der Waals surface area (Å²) in [6.45, 7) is 9.78. The predicted octanol–water partition coefficient (Wildman–Crippen LogP) is 3.76. The molecule has 9 heteroatoms. The van der Waals surface area contributed by atoms with Crippen LogP contribution in [0, 0.1) is 0 Å². The lowest BCUT2D eigenvalue weighted by atomic mass is 10.0. The number of hydrogen-bond acceptors (Lipinski definition) is 7. The minimum absolute atomic E-state index is 0.114. The van der Waals surface area contributed by atoms with E-state index in [1.807, 2.05) is 89.2 Å². The van der Waals surface area contributed by atoms with Gasteiger partial charge in [0.15, 0.2) is 0 Å². The molecule has 9 nitrogen and oxygen atoms in total. The maximum atomic E-state index is 12.5. The third-order valence-electron chi connectivity index (χ3n) is 4.38. The Morgan fingerprint density at radius 2 is 1.63 bits per heavy atom. The summed E-state index contributed by atoms with van der Waals surface area (Å²) in [5.41, 5.74) is 3.91. The summed E-state index contributed by atoms with van der Waals surface area (Å²) < 4.78 is 15.8. The monoisotopic (exact) mass is 486 g/mol. The first-order chi connectivity index (χ1) is 16.7. The summed E-state index contributed by atoms with van der Waals surface area (Å²) in [5, 5.41) is 2.76. The molecule has 35 heavy (non-hydrogen) atoms. The van der Waals surface area contributed by atoms with E-state index in [1.165, 1.54) is 7.11 Å². The zero-order valence-corrected chi connectivity index (χ0v) is 21.5. The van der Waals surface area contributed by atoms with Crippen LogP contribution in [0.5, 0.6) is 5.75 Å². The van der Waals surface area contributed by atoms with Crippen LogP contribution in [0.3, 0.4) is 0 Å². The summed E-state index contributed by atoms with van der Waals surface area (Å²) >= 11 is 0. The minimum Gasteiger partial charge on any atom is -0.488 e. The fourth-order valence-electron chi connectivity index (χ4n) is 2.88. The van der Waals surface area contributed by atoms with E-state index in [4.69, 9.17) is 15.3 Å². The number of hydrogen-bond donors (Lipinski definition) is 3. The van der Waals surface area contributed by atoms with Gasteiger partial charge in [-0.25, -0.2) is 10.6 Å². The molecular weight excluding hydrogens is 448 g/mol. The lowest BCUT2D eigenvalue weighted by Gasteiger charge is -2.22. The summed E-state index contributed by atoms with van der Waals surface area (Å²) in [6, 6.07) is 16.1. The fourth-order valence-corrected chi connectivity index (χ4v) is 2.88. The normalized spacial score (nSPS) is 11.9. The van der Waals surface area contributed by atoms with Gasteiger partial charge in [0, 0.05) is 6.42 Å². The molecule has 0 bridgehead atoms. The van der Waals surface area contributed by atoms with Crippen LogP contribution in [-0.2, 0) is 27.3 Å². The largest absolute Gasteiger partial charge is 0.488 e. The van der Waals surface area contributed by atoms with Crippen LogP contribution in [0.2, 0.25) is 0 Å². The Hall–Kier alpha value is -3.59. The first-order valence-electron chi connectivity index (χ1n) is 11.5. The van der Waals surface area contributed by atoms with Crippen LogP contribution in [0.25, 0.3) is 0 Å². The number of hydrazine groups is 1. The molecule has 2 aromatic rings. The Labute approximate surface area is 208 Å². The van der Waals surface area contributed by atoms with Gasteiger partial charge >= 0.3 is 12.1 Å². The second kappa shape index (κ2) is 15.3. The van der Waals surface area contributed by atoms with E-state index in [2.05, 4.69) is 20.5 Å². The van der Waals surface area contributed by atoms with E-state index < -0.39 is 18.1 Å². The highest BCUT2D eigenvalue weighted by Gasteiger charge is 2.21. The van der Waals surface area contributed by atoms with Gasteiger partial charge in [-0.3, -0.25) is 9.79 Å². The molecule has 0 aliphatic heterocycles. The number of benzene rings is 2. The number of nitrogens with zero attached hydrogens (tertiary/aromatic N) is 1. The lowest BCUT2D eigenvalue weighted by Crippen LogP contribution is -2.50. The maximum Gasteiger partial charge on any atom is 0.408 e. The molecular formula is C26H38N4O5. The Morgan fingerprint density at radius 3 is 2.17 bits per heavy atom. The van der Waals surface area contributed by atoms with Gasteiger partial charge in [-0.2, -0.15) is 0 Å². The lowest BCUT2D eigenvalue weighted by molar-refractivity contribution is -0.138. The van der Waals surface area contributed by atoms with E-state index in [0.29, 0.717) is 6.42 Å². The van der Waals surface area contributed by atoms with Crippen LogP contribution >= 0.6 is 0 Å². The second-order valence-corrected chi connectivity index (χ2v) is 8.24. The Kier molecular flexibility index (Phi) is 12.9. The van der Waals surface area contributed by atoms with Crippen molar-refractivity contribution in [1.82, 2.24) is 10.7 Å². The second-order valence-electron chi connectivity index (χ2n) is 8.24. The summed E-state index contributed by atoms with van der Waals surface area (Å²) in [6.07, 6.45) is -0.293. The van der Waals surface area contributed by atoms with Gasteiger partial charge in [-0.1, -0.05) is 56.3 Å². The van der Waals surface area contributed by atoms with Gasteiger partial charge in [0.25, 0.3) is 0 Å². The van der Waals surface area contributed by atoms with Crippen LogP contribution in [0.4, 0.5) is 4.79 Å². The molecule has 0 aliphatic rings. The molecule has 0 aromatic heterocycles. The molecule has 0 spiro atoms. The Morgan fingerprint density at radius 1 is 1.00 bits per heavy atom. The van der Waals surface area contributed by atoms with Crippen molar-refractivity contribution in [3.8, 4) is 5.75 Å². The third kappa shape index (κ3) is 11.9. The molecule has 0 heterocycles. The van der Waals surface area contributed by atoms with Crippen LogP contribution < -0.4 is 21.3 Å². The van der Waals surface area contributed by atoms with Crippen molar-refractivity contribution in [2.45, 2.75) is 59.3 Å². The zero-order valence-electron chi connectivity index (χ0n) is 21.5. The number of alkyl carbamates (subject to hydrolysis) is 1. The smallest absolute Gasteiger partial charge is 0.408 e. The van der Waals surface area contributed by atoms with Gasteiger partial charge in [-0.15, -0.1) is 0 Å². The first kappa shape index (κ1) is 29.4. The summed E-state index contributed by atoms with van der Waals surface area (Å²) in [4.78, 5) is 28.2. The van der Waals surface area contributed by atoms with Crippen molar-refractivity contribution in [3.05, 3.63) is 65.7 Å². The maximum absolute atomic E-state index is 12.5. The van der Waals surface area contributed by atoms with Crippen molar-refractivity contribution >= 4 is 17.9 Å². The van der Waals surface area contributed by atoms with Crippen molar-refractivity contribution < 1.29 is 23.8 Å². The molecule has 0 radical (unpaired) electrons. The number of rotatable bonds is 9.